The van der Waals surface area contributed by atoms with Crippen molar-refractivity contribution in [2.45, 2.75) is 18.9 Å². The Morgan fingerprint density at radius 1 is 1.00 bits per heavy atom. The van der Waals surface area contributed by atoms with Crippen molar-refractivity contribution in [2.24, 2.45) is 0 Å². The molecular formula is C30H32N4O2. The quantitative estimate of drug-likeness (QED) is 0.369. The maximum atomic E-state index is 13.3. The Bertz CT molecular complexity index is 1330. The van der Waals surface area contributed by atoms with Crippen LogP contribution >= 0.6 is 0 Å². The average Bonchev–Trinajstić information content (AvgIpc) is 3.30. The Morgan fingerprint density at radius 3 is 2.50 bits per heavy atom. The minimum Gasteiger partial charge on any atom is -0.383 e. The number of nitrogens with one attached hydrogen (secondary N) is 2. The molecule has 4 aromatic rings. The van der Waals surface area contributed by atoms with Crippen molar-refractivity contribution in [3.05, 3.63) is 96.1 Å². The normalized spacial score (nSPS) is 17.8. The lowest BCUT2D eigenvalue weighted by Gasteiger charge is -2.21. The molecule has 0 radical (unpaired) electrons. The van der Waals surface area contributed by atoms with Crippen molar-refractivity contribution in [1.29, 1.82) is 0 Å². The summed E-state index contributed by atoms with van der Waals surface area (Å²) in [5.41, 5.74) is 5.71. The fourth-order valence-electron chi connectivity index (χ4n) is 4.99. The van der Waals surface area contributed by atoms with Crippen LogP contribution in [0.4, 0.5) is 10.5 Å². The van der Waals surface area contributed by atoms with Crippen molar-refractivity contribution < 1.29 is 9.53 Å². The van der Waals surface area contributed by atoms with Crippen LogP contribution in [-0.4, -0.2) is 55.3 Å². The first-order chi connectivity index (χ1) is 17.6. The lowest BCUT2D eigenvalue weighted by atomic mass is 9.94. The lowest BCUT2D eigenvalue weighted by Crippen LogP contribution is -2.42. The average molecular weight is 481 g/mol. The highest BCUT2D eigenvalue weighted by Gasteiger charge is 2.34. The van der Waals surface area contributed by atoms with Crippen LogP contribution in [0, 0.1) is 6.92 Å². The van der Waals surface area contributed by atoms with Crippen LogP contribution in [0.3, 0.4) is 0 Å². The van der Waals surface area contributed by atoms with E-state index in [0.29, 0.717) is 12.3 Å². The molecule has 2 atom stereocenters. The summed E-state index contributed by atoms with van der Waals surface area (Å²) in [6, 6.07) is 28.4. The highest BCUT2D eigenvalue weighted by Crippen LogP contribution is 2.31. The highest BCUT2D eigenvalue weighted by atomic mass is 16.5. The smallest absolute Gasteiger partial charge is 0.319 e. The number of urea groups is 1. The molecule has 0 unspecified atom stereocenters. The van der Waals surface area contributed by atoms with Gasteiger partial charge in [-0.15, -0.1) is 0 Å². The van der Waals surface area contributed by atoms with Crippen molar-refractivity contribution in [2.75, 3.05) is 38.7 Å². The Kier molecular flexibility index (Phi) is 7.26. The number of rotatable bonds is 7. The van der Waals surface area contributed by atoms with E-state index in [1.165, 1.54) is 5.56 Å². The molecule has 3 aromatic carbocycles. The molecule has 5 rings (SSSR count). The lowest BCUT2D eigenvalue weighted by molar-refractivity contribution is 0.159. The van der Waals surface area contributed by atoms with Gasteiger partial charge in [-0.3, -0.25) is 4.90 Å². The van der Waals surface area contributed by atoms with E-state index >= 15 is 0 Å². The van der Waals surface area contributed by atoms with E-state index in [4.69, 9.17) is 9.72 Å². The molecule has 1 aliphatic heterocycles. The molecule has 1 aromatic heterocycles. The topological polar surface area (TPSA) is 66.5 Å². The molecule has 2 N–H and O–H groups in total. The zero-order chi connectivity index (χ0) is 24.9. The first-order valence-corrected chi connectivity index (χ1v) is 12.4. The van der Waals surface area contributed by atoms with Crippen LogP contribution < -0.4 is 10.6 Å². The van der Waals surface area contributed by atoms with Gasteiger partial charge in [0.25, 0.3) is 0 Å². The number of nitrogens with zero attached hydrogens (tertiary/aromatic N) is 2. The minimum atomic E-state index is -0.222. The van der Waals surface area contributed by atoms with E-state index in [0.717, 1.165) is 47.4 Å². The van der Waals surface area contributed by atoms with Crippen molar-refractivity contribution in [3.8, 4) is 11.3 Å². The molecule has 0 saturated carbocycles. The molecule has 0 spiro atoms. The van der Waals surface area contributed by atoms with E-state index < -0.39 is 0 Å². The molecule has 0 bridgehead atoms. The number of carbonyl (C=O) groups excluding carboxylic acids is 1. The van der Waals surface area contributed by atoms with Gasteiger partial charge in [-0.2, -0.15) is 0 Å². The van der Waals surface area contributed by atoms with Gasteiger partial charge in [0.1, 0.15) is 0 Å². The number of carbonyl (C=O) groups is 1. The SMILES string of the molecule is COCCN1C[C@@H](NC(=O)Nc2cc3ccc(C)cc3nc2-c2ccccc2)[C@H](c2ccccc2)C1. The van der Waals surface area contributed by atoms with Gasteiger partial charge in [0.2, 0.25) is 0 Å². The maximum absolute atomic E-state index is 13.3. The number of pyridine rings is 1. The monoisotopic (exact) mass is 480 g/mol. The summed E-state index contributed by atoms with van der Waals surface area (Å²) in [5.74, 6) is 0.208. The van der Waals surface area contributed by atoms with Crippen molar-refractivity contribution in [3.63, 3.8) is 0 Å². The van der Waals surface area contributed by atoms with Crippen LogP contribution in [0.15, 0.2) is 84.9 Å². The zero-order valence-electron chi connectivity index (χ0n) is 20.8. The van der Waals surface area contributed by atoms with Gasteiger partial charge in [-0.05, 0) is 30.2 Å². The number of methoxy groups -OCH3 is 1. The Morgan fingerprint density at radius 2 is 1.75 bits per heavy atom. The van der Waals surface area contributed by atoms with Crippen LogP contribution in [0.1, 0.15) is 17.0 Å². The van der Waals surface area contributed by atoms with Crippen LogP contribution in [0.2, 0.25) is 0 Å². The summed E-state index contributed by atoms with van der Waals surface area (Å²) in [6.45, 7) is 5.22. The summed E-state index contributed by atoms with van der Waals surface area (Å²) in [6.07, 6.45) is 0. The number of fused-ring (bicyclic) bond motifs is 1. The molecule has 6 nitrogen and oxygen atoms in total. The number of anilines is 1. The molecular weight excluding hydrogens is 448 g/mol. The zero-order valence-corrected chi connectivity index (χ0v) is 20.8. The molecule has 1 fully saturated rings. The number of amides is 2. The number of aromatic nitrogens is 1. The fraction of sp³-hybridized carbons (Fsp3) is 0.267. The van der Waals surface area contributed by atoms with Gasteiger partial charge in [-0.25, -0.2) is 9.78 Å². The van der Waals surface area contributed by atoms with E-state index in [9.17, 15) is 4.79 Å². The molecule has 1 saturated heterocycles. The summed E-state index contributed by atoms with van der Waals surface area (Å²) in [7, 11) is 1.72. The number of ether oxygens (including phenoxy) is 1. The summed E-state index contributed by atoms with van der Waals surface area (Å²) >= 11 is 0. The summed E-state index contributed by atoms with van der Waals surface area (Å²) in [5, 5.41) is 7.36. The third-order valence-electron chi connectivity index (χ3n) is 6.82. The number of hydrogen-bond donors (Lipinski definition) is 2. The fourth-order valence-corrected chi connectivity index (χ4v) is 4.99. The molecule has 36 heavy (non-hydrogen) atoms. The van der Waals surface area contributed by atoms with Crippen LogP contribution in [-0.2, 0) is 4.74 Å². The van der Waals surface area contributed by atoms with Gasteiger partial charge >= 0.3 is 6.03 Å². The summed E-state index contributed by atoms with van der Waals surface area (Å²) < 4.78 is 5.29. The first-order valence-electron chi connectivity index (χ1n) is 12.4. The van der Waals surface area contributed by atoms with Crippen LogP contribution in [0.5, 0.6) is 0 Å². The van der Waals surface area contributed by atoms with Gasteiger partial charge < -0.3 is 15.4 Å². The van der Waals surface area contributed by atoms with Gasteiger partial charge in [-0.1, -0.05) is 72.8 Å². The molecule has 2 amide bonds. The van der Waals surface area contributed by atoms with Crippen molar-refractivity contribution in [1.82, 2.24) is 15.2 Å². The summed E-state index contributed by atoms with van der Waals surface area (Å²) in [4.78, 5) is 20.6. The highest BCUT2D eigenvalue weighted by molar-refractivity contribution is 5.97. The van der Waals surface area contributed by atoms with E-state index in [1.807, 2.05) is 48.5 Å². The Balaban J connectivity index is 1.41. The molecule has 184 valence electrons. The van der Waals surface area contributed by atoms with E-state index in [2.05, 4.69) is 58.9 Å². The Labute approximate surface area is 212 Å². The third-order valence-corrected chi connectivity index (χ3v) is 6.82. The predicted molar refractivity (Wildman–Crippen MR) is 145 cm³/mol. The molecule has 6 heteroatoms. The van der Waals surface area contributed by atoms with Gasteiger partial charge in [0.05, 0.1) is 29.5 Å². The number of aryl methyl sites for hydroxylation is 1. The van der Waals surface area contributed by atoms with Gasteiger partial charge in [0.15, 0.2) is 0 Å². The third kappa shape index (κ3) is 5.40. The molecule has 0 aliphatic carbocycles. The number of benzene rings is 3. The van der Waals surface area contributed by atoms with Crippen LogP contribution in [0.25, 0.3) is 22.2 Å². The molecule has 1 aliphatic rings. The first kappa shape index (κ1) is 24.0. The number of likely N-dealkylation sites (tertiary alicyclic amines) is 1. The minimum absolute atomic E-state index is 0.0134. The molecule has 2 heterocycles. The second kappa shape index (κ2) is 10.9. The Hall–Kier alpha value is -3.74. The maximum Gasteiger partial charge on any atom is 0.319 e. The second-order valence-electron chi connectivity index (χ2n) is 9.42. The predicted octanol–water partition coefficient (Wildman–Crippen LogP) is 5.45. The van der Waals surface area contributed by atoms with Gasteiger partial charge in [0, 0.05) is 43.6 Å². The standard InChI is InChI=1S/C30H32N4O2/c1-21-13-14-24-18-27(29(31-26(24)17-21)23-11-7-4-8-12-23)32-30(35)33-28-20-34(15-16-36-2)19-25(28)22-9-5-3-6-10-22/h3-14,17-18,25,28H,15-16,19-20H2,1-2H3,(H2,32,33,35)/t25-,28+/m0/s1. The largest absolute Gasteiger partial charge is 0.383 e. The van der Waals surface area contributed by atoms with Crippen molar-refractivity contribution >= 4 is 22.6 Å². The van der Waals surface area contributed by atoms with E-state index in [-0.39, 0.29) is 18.0 Å². The van der Waals surface area contributed by atoms with E-state index in [1.54, 1.807) is 7.11 Å². The number of hydrogen-bond acceptors (Lipinski definition) is 4. The second-order valence-corrected chi connectivity index (χ2v) is 9.42.